The summed E-state index contributed by atoms with van der Waals surface area (Å²) in [6.45, 7) is 14.5. The zero-order valence-corrected chi connectivity index (χ0v) is 35.1. The summed E-state index contributed by atoms with van der Waals surface area (Å²) in [4.78, 5) is 47.5. The molecule has 3 fully saturated rings. The number of rotatable bonds is 7. The Balaban J connectivity index is 0.000000202. The number of imide groups is 1. The molecule has 0 radical (unpaired) electrons. The molecular formula is C43H47Cl4N5O4. The van der Waals surface area contributed by atoms with Gasteiger partial charge < -0.3 is 15.1 Å². The Bertz CT molecular complexity index is 1960. The molecule has 0 bridgehead atoms. The lowest BCUT2D eigenvalue weighted by Crippen LogP contribution is -2.51. The summed E-state index contributed by atoms with van der Waals surface area (Å²) in [7, 11) is 0. The molecule has 0 saturated carbocycles. The second kappa shape index (κ2) is 18.7. The number of carbonyl (C=O) groups excluding carboxylic acids is 3. The first-order chi connectivity index (χ1) is 26.8. The first-order valence-electron chi connectivity index (χ1n) is 18.9. The fourth-order valence-electron chi connectivity index (χ4n) is 7.80. The minimum absolute atomic E-state index is 0.0422. The topological polar surface area (TPSA) is 85.4 Å². The summed E-state index contributed by atoms with van der Waals surface area (Å²) >= 11 is 24.7. The van der Waals surface area contributed by atoms with Crippen LogP contribution in [0.1, 0.15) is 69.4 Å². The molecule has 296 valence electrons. The Morgan fingerprint density at radius 1 is 0.554 bits per heavy atom. The number of benzene rings is 4. The van der Waals surface area contributed by atoms with Gasteiger partial charge in [-0.1, -0.05) is 70.7 Å². The largest absolute Gasteiger partial charge is 0.434 e. The van der Waals surface area contributed by atoms with Crippen LogP contribution in [0.25, 0.3) is 0 Å². The van der Waals surface area contributed by atoms with Gasteiger partial charge >= 0.3 is 6.09 Å². The first-order valence-corrected chi connectivity index (χ1v) is 20.4. The zero-order valence-electron chi connectivity index (χ0n) is 32.1. The van der Waals surface area contributed by atoms with Crippen molar-refractivity contribution in [3.63, 3.8) is 0 Å². The van der Waals surface area contributed by atoms with Crippen molar-refractivity contribution in [1.82, 2.24) is 25.1 Å². The van der Waals surface area contributed by atoms with E-state index < -0.39 is 17.9 Å². The van der Waals surface area contributed by atoms with Gasteiger partial charge in [-0.25, -0.2) is 4.79 Å². The summed E-state index contributed by atoms with van der Waals surface area (Å²) < 4.78 is 0. The first kappa shape index (κ1) is 41.9. The third-order valence-corrected chi connectivity index (χ3v) is 11.7. The van der Waals surface area contributed by atoms with Gasteiger partial charge in [-0.05, 0) is 121 Å². The molecule has 0 aromatic heterocycles. The van der Waals surface area contributed by atoms with Crippen molar-refractivity contribution in [2.45, 2.75) is 52.6 Å². The van der Waals surface area contributed by atoms with E-state index in [-0.39, 0.29) is 24.9 Å². The molecule has 3 amide bonds. The summed E-state index contributed by atoms with van der Waals surface area (Å²) in [6.07, 6.45) is -0.537. The number of nitrogens with one attached hydrogen (secondary N) is 1. The quantitative estimate of drug-likeness (QED) is 0.186. The van der Waals surface area contributed by atoms with Gasteiger partial charge in [0.1, 0.15) is 0 Å². The summed E-state index contributed by atoms with van der Waals surface area (Å²) in [5.74, 6) is -0.966. The van der Waals surface area contributed by atoms with E-state index in [1.807, 2.05) is 62.4 Å². The van der Waals surface area contributed by atoms with E-state index in [9.17, 15) is 14.4 Å². The number of aryl methyl sites for hydroxylation is 4. The third kappa shape index (κ3) is 9.88. The van der Waals surface area contributed by atoms with E-state index in [1.54, 1.807) is 0 Å². The molecule has 0 unspecified atom stereocenters. The molecule has 3 aliphatic rings. The van der Waals surface area contributed by atoms with E-state index in [4.69, 9.17) is 51.2 Å². The molecular weight excluding hydrogens is 792 g/mol. The monoisotopic (exact) mass is 837 g/mol. The van der Waals surface area contributed by atoms with Crippen LogP contribution in [0.3, 0.4) is 0 Å². The summed E-state index contributed by atoms with van der Waals surface area (Å²) in [5, 5.41) is 6.97. The van der Waals surface area contributed by atoms with Crippen LogP contribution in [0.5, 0.6) is 0 Å². The number of hydroxylamine groups is 2. The van der Waals surface area contributed by atoms with E-state index >= 15 is 0 Å². The van der Waals surface area contributed by atoms with Crippen LogP contribution in [0.4, 0.5) is 4.79 Å². The van der Waals surface area contributed by atoms with Crippen molar-refractivity contribution in [3.8, 4) is 0 Å². The van der Waals surface area contributed by atoms with Crippen molar-refractivity contribution >= 4 is 64.3 Å². The molecule has 3 heterocycles. The fraction of sp³-hybridized carbons (Fsp3) is 0.372. The normalized spacial score (nSPS) is 16.8. The number of amides is 3. The lowest BCUT2D eigenvalue weighted by molar-refractivity contribution is -0.174. The standard InChI is InChI=1S/C24H25Cl2N3O4.C19H22Cl2N2/c1-15-13-17(25)3-5-19(15)23(20-6-4-18(26)14-16(20)2)27-9-11-28(12-10-27)24(32)33-29-21(30)7-8-22(29)31;1-13-11-15(20)3-5-17(13)19(23-9-7-22-8-10-23)18-6-4-16(21)12-14(18)2/h3-6,13-14,23H,7-12H2,1-2H3;3-6,11-12,19,22H,7-10H2,1-2H3. The maximum Gasteiger partial charge on any atom is 0.434 e. The van der Waals surface area contributed by atoms with Gasteiger partial charge in [0.05, 0.1) is 12.1 Å². The van der Waals surface area contributed by atoms with E-state index in [0.717, 1.165) is 58.5 Å². The molecule has 0 spiro atoms. The molecule has 3 aliphatic heterocycles. The Hall–Kier alpha value is -3.67. The highest BCUT2D eigenvalue weighted by Crippen LogP contribution is 2.37. The SMILES string of the molecule is Cc1cc(Cl)ccc1C(c1ccc(Cl)cc1C)N1CCN(C(=O)ON2C(=O)CCC2=O)CC1.Cc1cc(Cl)ccc1C(c1ccc(Cl)cc1C)N1CCNCC1. The zero-order chi connectivity index (χ0) is 40.1. The lowest BCUT2D eigenvalue weighted by Gasteiger charge is -2.40. The molecule has 13 heteroatoms. The highest BCUT2D eigenvalue weighted by atomic mass is 35.5. The number of hydrogen-bond donors (Lipinski definition) is 1. The van der Waals surface area contributed by atoms with Crippen molar-refractivity contribution < 1.29 is 19.2 Å². The fourth-order valence-corrected chi connectivity index (χ4v) is 8.71. The van der Waals surface area contributed by atoms with Crippen LogP contribution in [0.2, 0.25) is 20.1 Å². The third-order valence-electron chi connectivity index (χ3n) is 10.7. The van der Waals surface area contributed by atoms with Crippen LogP contribution in [-0.2, 0) is 14.4 Å². The van der Waals surface area contributed by atoms with E-state index in [0.29, 0.717) is 41.3 Å². The van der Waals surface area contributed by atoms with Gasteiger partial charge in [-0.3, -0.25) is 19.4 Å². The molecule has 4 aromatic carbocycles. The Labute approximate surface area is 349 Å². The summed E-state index contributed by atoms with van der Waals surface area (Å²) in [6, 6.07) is 24.4. The second-order valence-electron chi connectivity index (χ2n) is 14.6. The van der Waals surface area contributed by atoms with Gasteiger partial charge in [-0.15, -0.1) is 5.06 Å². The average Bonchev–Trinajstić information content (AvgIpc) is 3.48. The summed E-state index contributed by atoms with van der Waals surface area (Å²) in [5.41, 5.74) is 9.53. The Morgan fingerprint density at radius 2 is 0.893 bits per heavy atom. The van der Waals surface area contributed by atoms with E-state index in [2.05, 4.69) is 53.2 Å². The van der Waals surface area contributed by atoms with Gasteiger partial charge in [0.2, 0.25) is 0 Å². The lowest BCUT2D eigenvalue weighted by atomic mass is 9.90. The van der Waals surface area contributed by atoms with E-state index in [1.165, 1.54) is 27.2 Å². The number of halogens is 4. The molecule has 1 N–H and O–H groups in total. The minimum atomic E-state index is -0.680. The maximum absolute atomic E-state index is 12.6. The molecule has 0 atom stereocenters. The predicted molar refractivity (Wildman–Crippen MR) is 224 cm³/mol. The van der Waals surface area contributed by atoms with Gasteiger partial charge in [0.15, 0.2) is 0 Å². The molecule has 56 heavy (non-hydrogen) atoms. The molecule has 9 nitrogen and oxygen atoms in total. The molecule has 4 aromatic rings. The highest BCUT2D eigenvalue weighted by Gasteiger charge is 2.36. The number of piperazine rings is 2. The van der Waals surface area contributed by atoms with Gasteiger partial charge in [-0.2, -0.15) is 0 Å². The molecule has 3 saturated heterocycles. The smallest absolute Gasteiger partial charge is 0.314 e. The molecule has 0 aliphatic carbocycles. The minimum Gasteiger partial charge on any atom is -0.314 e. The average molecular weight is 840 g/mol. The predicted octanol–water partition coefficient (Wildman–Crippen LogP) is 9.12. The van der Waals surface area contributed by atoms with Crippen LogP contribution >= 0.6 is 46.4 Å². The Morgan fingerprint density at radius 3 is 1.23 bits per heavy atom. The highest BCUT2D eigenvalue weighted by molar-refractivity contribution is 6.31. The number of hydrogen-bond acceptors (Lipinski definition) is 7. The van der Waals surface area contributed by atoms with Crippen LogP contribution in [0.15, 0.2) is 72.8 Å². The van der Waals surface area contributed by atoms with Crippen LogP contribution in [0, 0.1) is 27.7 Å². The second-order valence-corrected chi connectivity index (χ2v) is 16.3. The van der Waals surface area contributed by atoms with Gasteiger partial charge in [0, 0.05) is 85.3 Å². The Kier molecular flexibility index (Phi) is 14.0. The van der Waals surface area contributed by atoms with Crippen molar-refractivity contribution in [3.05, 3.63) is 137 Å². The van der Waals surface area contributed by atoms with Crippen LogP contribution < -0.4 is 5.32 Å². The van der Waals surface area contributed by atoms with Gasteiger partial charge in [0.25, 0.3) is 11.8 Å². The van der Waals surface area contributed by atoms with Crippen LogP contribution in [-0.4, -0.2) is 90.0 Å². The van der Waals surface area contributed by atoms with Crippen molar-refractivity contribution in [2.24, 2.45) is 0 Å². The molecule has 7 rings (SSSR count). The van der Waals surface area contributed by atoms with Crippen molar-refractivity contribution in [2.75, 3.05) is 52.4 Å². The maximum atomic E-state index is 12.6. The number of nitrogens with zero attached hydrogens (tertiary/aromatic N) is 4. The van der Waals surface area contributed by atoms with Crippen molar-refractivity contribution in [1.29, 1.82) is 0 Å². The number of carbonyl (C=O) groups is 3.